The minimum Gasteiger partial charge on any atom is -0.439 e. The third kappa shape index (κ3) is 5.33. The summed E-state index contributed by atoms with van der Waals surface area (Å²) >= 11 is 3.39. The van der Waals surface area contributed by atoms with Gasteiger partial charge in [-0.1, -0.05) is 22.0 Å². The maximum Gasteiger partial charge on any atom is 0.250 e. The molecule has 1 aromatic carbocycles. The quantitative estimate of drug-likeness (QED) is 0.792. The summed E-state index contributed by atoms with van der Waals surface area (Å²) in [5, 5.41) is 2.75. The van der Waals surface area contributed by atoms with Crippen LogP contribution in [0.15, 0.2) is 47.1 Å². The lowest BCUT2D eigenvalue weighted by atomic mass is 10.3. The Balaban J connectivity index is 1.49. The number of aromatic nitrogens is 1. The van der Waals surface area contributed by atoms with E-state index in [-0.39, 0.29) is 12.5 Å². The van der Waals surface area contributed by atoms with Crippen molar-refractivity contribution in [3.63, 3.8) is 0 Å². The van der Waals surface area contributed by atoms with E-state index in [9.17, 15) is 4.79 Å². The Morgan fingerprint density at radius 2 is 2.17 bits per heavy atom. The molecule has 1 aromatic heterocycles. The average molecular weight is 377 g/mol. The SMILES string of the molecule is O=C(COCC1CC1)Nc1ccc(Oc2cccc(Br)c2)nc1. The number of halogens is 1. The first kappa shape index (κ1) is 16.0. The van der Waals surface area contributed by atoms with E-state index in [1.807, 2.05) is 24.3 Å². The van der Waals surface area contributed by atoms with Gasteiger partial charge >= 0.3 is 0 Å². The molecule has 1 saturated carbocycles. The maximum absolute atomic E-state index is 11.7. The number of pyridine rings is 1. The van der Waals surface area contributed by atoms with Crippen molar-refractivity contribution < 1.29 is 14.3 Å². The Morgan fingerprint density at radius 1 is 1.30 bits per heavy atom. The zero-order chi connectivity index (χ0) is 16.1. The van der Waals surface area contributed by atoms with Crippen molar-refractivity contribution in [2.24, 2.45) is 5.92 Å². The third-order valence-corrected chi connectivity index (χ3v) is 3.82. The van der Waals surface area contributed by atoms with Crippen molar-refractivity contribution in [1.29, 1.82) is 0 Å². The van der Waals surface area contributed by atoms with E-state index >= 15 is 0 Å². The molecule has 0 spiro atoms. The van der Waals surface area contributed by atoms with E-state index < -0.39 is 0 Å². The van der Waals surface area contributed by atoms with Gasteiger partial charge in [0.05, 0.1) is 18.5 Å². The molecule has 3 rings (SSSR count). The zero-order valence-electron chi connectivity index (χ0n) is 12.5. The molecule has 1 aliphatic rings. The van der Waals surface area contributed by atoms with Crippen molar-refractivity contribution in [3.8, 4) is 11.6 Å². The molecule has 0 saturated heterocycles. The molecular formula is C17H17BrN2O3. The maximum atomic E-state index is 11.7. The predicted octanol–water partition coefficient (Wildman–Crippen LogP) is 4.00. The van der Waals surface area contributed by atoms with E-state index in [4.69, 9.17) is 9.47 Å². The summed E-state index contributed by atoms with van der Waals surface area (Å²) in [4.78, 5) is 15.9. The lowest BCUT2D eigenvalue weighted by molar-refractivity contribution is -0.120. The molecule has 1 amide bonds. The molecule has 0 unspecified atom stereocenters. The Bertz CT molecular complexity index is 672. The lowest BCUT2D eigenvalue weighted by Gasteiger charge is -2.08. The highest BCUT2D eigenvalue weighted by Gasteiger charge is 2.21. The predicted molar refractivity (Wildman–Crippen MR) is 90.6 cm³/mol. The number of hydrogen-bond donors (Lipinski definition) is 1. The molecule has 1 heterocycles. The smallest absolute Gasteiger partial charge is 0.250 e. The van der Waals surface area contributed by atoms with Gasteiger partial charge in [0.25, 0.3) is 0 Å². The topological polar surface area (TPSA) is 60.5 Å². The monoisotopic (exact) mass is 376 g/mol. The van der Waals surface area contributed by atoms with Gasteiger partial charge in [-0.15, -0.1) is 0 Å². The molecule has 1 fully saturated rings. The summed E-state index contributed by atoms with van der Waals surface area (Å²) < 4.78 is 11.9. The van der Waals surface area contributed by atoms with Crippen molar-refractivity contribution in [1.82, 2.24) is 4.98 Å². The van der Waals surface area contributed by atoms with Gasteiger partial charge in [0, 0.05) is 10.5 Å². The highest BCUT2D eigenvalue weighted by atomic mass is 79.9. The number of nitrogens with one attached hydrogen (secondary N) is 1. The summed E-state index contributed by atoms with van der Waals surface area (Å²) in [6.07, 6.45) is 3.99. The van der Waals surface area contributed by atoms with E-state index in [1.54, 1.807) is 18.3 Å². The van der Waals surface area contributed by atoms with E-state index in [2.05, 4.69) is 26.2 Å². The number of carbonyl (C=O) groups excluding carboxylic acids is 1. The second-order valence-electron chi connectivity index (χ2n) is 5.45. The van der Waals surface area contributed by atoms with Crippen LogP contribution < -0.4 is 10.1 Å². The summed E-state index contributed by atoms with van der Waals surface area (Å²) in [6, 6.07) is 11.0. The highest BCUT2D eigenvalue weighted by molar-refractivity contribution is 9.10. The number of carbonyl (C=O) groups is 1. The Kier molecular flexibility index (Phi) is 5.25. The van der Waals surface area contributed by atoms with Gasteiger partial charge in [0.1, 0.15) is 12.4 Å². The van der Waals surface area contributed by atoms with Crippen molar-refractivity contribution in [2.75, 3.05) is 18.5 Å². The number of benzene rings is 1. The Morgan fingerprint density at radius 3 is 2.87 bits per heavy atom. The third-order valence-electron chi connectivity index (χ3n) is 3.32. The van der Waals surface area contributed by atoms with Crippen molar-refractivity contribution >= 4 is 27.5 Å². The number of nitrogens with zero attached hydrogens (tertiary/aromatic N) is 1. The molecule has 6 heteroatoms. The van der Waals surface area contributed by atoms with Gasteiger partial charge < -0.3 is 14.8 Å². The van der Waals surface area contributed by atoms with Crippen LogP contribution >= 0.6 is 15.9 Å². The van der Waals surface area contributed by atoms with Crippen LogP contribution in [0.4, 0.5) is 5.69 Å². The molecule has 0 bridgehead atoms. The molecule has 5 nitrogen and oxygen atoms in total. The minimum absolute atomic E-state index is 0.0762. The average Bonchev–Trinajstić information content (AvgIpc) is 3.34. The van der Waals surface area contributed by atoms with Gasteiger partial charge in [-0.25, -0.2) is 4.98 Å². The second kappa shape index (κ2) is 7.57. The fraction of sp³-hybridized carbons (Fsp3) is 0.294. The molecule has 1 N–H and O–H groups in total. The molecule has 0 radical (unpaired) electrons. The number of anilines is 1. The van der Waals surface area contributed by atoms with Crippen LogP contribution in [0.5, 0.6) is 11.6 Å². The van der Waals surface area contributed by atoms with Crippen LogP contribution in [0, 0.1) is 5.92 Å². The number of hydrogen-bond acceptors (Lipinski definition) is 4. The first-order chi connectivity index (χ1) is 11.2. The summed E-state index contributed by atoms with van der Waals surface area (Å²) in [6.45, 7) is 0.748. The lowest BCUT2D eigenvalue weighted by Crippen LogP contribution is -2.19. The van der Waals surface area contributed by atoms with Crippen molar-refractivity contribution in [3.05, 3.63) is 47.1 Å². The molecule has 0 aliphatic heterocycles. The van der Waals surface area contributed by atoms with Crippen molar-refractivity contribution in [2.45, 2.75) is 12.8 Å². The second-order valence-corrected chi connectivity index (χ2v) is 6.37. The highest BCUT2D eigenvalue weighted by Crippen LogP contribution is 2.28. The van der Waals surface area contributed by atoms with Crippen LogP contribution in [-0.4, -0.2) is 24.1 Å². The van der Waals surface area contributed by atoms with E-state index in [0.717, 1.165) is 4.47 Å². The molecule has 23 heavy (non-hydrogen) atoms. The van der Waals surface area contributed by atoms with Crippen LogP contribution in [0.2, 0.25) is 0 Å². The van der Waals surface area contributed by atoms with Gasteiger partial charge in [-0.2, -0.15) is 0 Å². The van der Waals surface area contributed by atoms with Crippen LogP contribution in [-0.2, 0) is 9.53 Å². The Labute approximate surface area is 143 Å². The van der Waals surface area contributed by atoms with Gasteiger partial charge in [0.15, 0.2) is 0 Å². The fourth-order valence-electron chi connectivity index (χ4n) is 1.97. The van der Waals surface area contributed by atoms with E-state index in [1.165, 1.54) is 12.8 Å². The van der Waals surface area contributed by atoms with Gasteiger partial charge in [-0.3, -0.25) is 4.79 Å². The zero-order valence-corrected chi connectivity index (χ0v) is 14.1. The van der Waals surface area contributed by atoms with Crippen LogP contribution in [0.3, 0.4) is 0 Å². The van der Waals surface area contributed by atoms with Gasteiger partial charge in [0.2, 0.25) is 11.8 Å². The Hall–Kier alpha value is -1.92. The number of ether oxygens (including phenoxy) is 2. The normalized spacial score (nSPS) is 13.6. The molecular weight excluding hydrogens is 360 g/mol. The molecule has 0 atom stereocenters. The molecule has 120 valence electrons. The van der Waals surface area contributed by atoms with Crippen LogP contribution in [0.1, 0.15) is 12.8 Å². The van der Waals surface area contributed by atoms with E-state index in [0.29, 0.717) is 29.8 Å². The molecule has 1 aliphatic carbocycles. The standard InChI is InChI=1S/C17H17BrN2O3/c18-13-2-1-3-15(8-13)23-17-7-6-14(9-19-17)20-16(21)11-22-10-12-4-5-12/h1-3,6-9,12H,4-5,10-11H2,(H,20,21). The summed E-state index contributed by atoms with van der Waals surface area (Å²) in [5.41, 5.74) is 0.617. The first-order valence-corrected chi connectivity index (χ1v) is 8.25. The van der Waals surface area contributed by atoms with Gasteiger partial charge in [-0.05, 0) is 43.0 Å². The minimum atomic E-state index is -0.173. The summed E-state index contributed by atoms with van der Waals surface area (Å²) in [5.74, 6) is 1.63. The summed E-state index contributed by atoms with van der Waals surface area (Å²) in [7, 11) is 0. The number of amides is 1. The fourth-order valence-corrected chi connectivity index (χ4v) is 2.34. The number of rotatable bonds is 7. The van der Waals surface area contributed by atoms with Crippen LogP contribution in [0.25, 0.3) is 0 Å². The molecule has 2 aromatic rings. The first-order valence-electron chi connectivity index (χ1n) is 7.46. The largest absolute Gasteiger partial charge is 0.439 e.